The van der Waals surface area contributed by atoms with E-state index in [0.717, 1.165) is 0 Å². The van der Waals surface area contributed by atoms with Crippen molar-refractivity contribution in [2.24, 2.45) is 0 Å². The number of carbonyl (C=O) groups is 1. The molecule has 4 atom stereocenters. The van der Waals surface area contributed by atoms with E-state index in [4.69, 9.17) is 0 Å². The minimum Gasteiger partial charge on any atom is -0.391 e. The highest BCUT2D eigenvalue weighted by Crippen LogP contribution is 2.28. The van der Waals surface area contributed by atoms with Crippen molar-refractivity contribution < 1.29 is 20.1 Å². The molecule has 0 aromatic heterocycles. The van der Waals surface area contributed by atoms with E-state index >= 15 is 0 Å². The van der Waals surface area contributed by atoms with Crippen molar-refractivity contribution in [2.75, 3.05) is 6.54 Å². The maximum absolute atomic E-state index is 11.3. The van der Waals surface area contributed by atoms with Crippen LogP contribution in [0, 0.1) is 0 Å². The molecular formula is C8H13NO4. The largest absolute Gasteiger partial charge is 0.391 e. The Morgan fingerprint density at radius 1 is 1.23 bits per heavy atom. The molecular weight excluding hydrogens is 174 g/mol. The Labute approximate surface area is 75.6 Å². The summed E-state index contributed by atoms with van der Waals surface area (Å²) in [4.78, 5) is 12.7. The molecule has 0 aromatic rings. The Kier molecular flexibility index (Phi) is 2.02. The summed E-state index contributed by atoms with van der Waals surface area (Å²) < 4.78 is 0. The topological polar surface area (TPSA) is 81.0 Å². The van der Waals surface area contributed by atoms with Crippen molar-refractivity contribution in [1.82, 2.24) is 4.90 Å². The standard InChI is InChI=1S/C8H13NO4/c10-4-1-2-6(12)9-3-5(11)8(13)7(4)9/h4-5,7-8,10-11,13H,1-3H2/t4?,5?,7?,8-/m1/s1. The fourth-order valence-electron chi connectivity index (χ4n) is 2.13. The van der Waals surface area contributed by atoms with Gasteiger partial charge in [-0.15, -0.1) is 0 Å². The van der Waals surface area contributed by atoms with Gasteiger partial charge in [0.1, 0.15) is 6.10 Å². The van der Waals surface area contributed by atoms with Gasteiger partial charge in [-0.2, -0.15) is 0 Å². The molecule has 0 aliphatic carbocycles. The Hall–Kier alpha value is -0.650. The molecule has 3 unspecified atom stereocenters. The van der Waals surface area contributed by atoms with Gasteiger partial charge < -0.3 is 20.2 Å². The van der Waals surface area contributed by atoms with Gasteiger partial charge in [0.25, 0.3) is 0 Å². The maximum Gasteiger partial charge on any atom is 0.223 e. The molecule has 0 spiro atoms. The van der Waals surface area contributed by atoms with Crippen LogP contribution in [0.3, 0.4) is 0 Å². The summed E-state index contributed by atoms with van der Waals surface area (Å²) in [7, 11) is 0. The van der Waals surface area contributed by atoms with E-state index in [1.807, 2.05) is 0 Å². The van der Waals surface area contributed by atoms with Crippen molar-refractivity contribution in [3.05, 3.63) is 0 Å². The number of aliphatic hydroxyl groups is 3. The molecule has 3 N–H and O–H groups in total. The van der Waals surface area contributed by atoms with Crippen molar-refractivity contribution in [3.8, 4) is 0 Å². The number of carbonyl (C=O) groups excluding carboxylic acids is 1. The zero-order valence-corrected chi connectivity index (χ0v) is 7.13. The minimum absolute atomic E-state index is 0.0918. The SMILES string of the molecule is O=C1CCC(O)C2[C@H](O)C(O)CN12. The first kappa shape index (κ1) is 8.93. The predicted octanol–water partition coefficient (Wildman–Crippen LogP) is -1.93. The molecule has 5 nitrogen and oxygen atoms in total. The molecule has 2 rings (SSSR count). The summed E-state index contributed by atoms with van der Waals surface area (Å²) in [5, 5.41) is 28.3. The van der Waals surface area contributed by atoms with Gasteiger partial charge in [0.05, 0.1) is 18.2 Å². The number of fused-ring (bicyclic) bond motifs is 1. The first-order valence-corrected chi connectivity index (χ1v) is 4.45. The van der Waals surface area contributed by atoms with Crippen LogP contribution in [0.15, 0.2) is 0 Å². The second kappa shape index (κ2) is 2.94. The number of nitrogens with zero attached hydrogens (tertiary/aromatic N) is 1. The second-order valence-electron chi connectivity index (χ2n) is 3.70. The average molecular weight is 187 g/mol. The third-order valence-corrected chi connectivity index (χ3v) is 2.86. The smallest absolute Gasteiger partial charge is 0.223 e. The van der Waals surface area contributed by atoms with E-state index in [2.05, 4.69) is 0 Å². The van der Waals surface area contributed by atoms with Crippen LogP contribution in [-0.2, 0) is 4.79 Å². The Morgan fingerprint density at radius 2 is 1.92 bits per heavy atom. The predicted molar refractivity (Wildman–Crippen MR) is 42.8 cm³/mol. The number of rotatable bonds is 0. The third-order valence-electron chi connectivity index (χ3n) is 2.86. The van der Waals surface area contributed by atoms with Crippen molar-refractivity contribution in [3.63, 3.8) is 0 Å². The van der Waals surface area contributed by atoms with Crippen molar-refractivity contribution in [1.29, 1.82) is 0 Å². The number of hydrogen-bond donors (Lipinski definition) is 3. The van der Waals surface area contributed by atoms with Gasteiger partial charge in [-0.05, 0) is 6.42 Å². The van der Waals surface area contributed by atoms with Crippen LogP contribution in [0.4, 0.5) is 0 Å². The highest BCUT2D eigenvalue weighted by molar-refractivity contribution is 5.78. The highest BCUT2D eigenvalue weighted by Gasteiger charge is 2.48. The van der Waals surface area contributed by atoms with E-state index in [9.17, 15) is 20.1 Å². The highest BCUT2D eigenvalue weighted by atomic mass is 16.3. The first-order valence-electron chi connectivity index (χ1n) is 4.45. The molecule has 2 aliphatic rings. The Bertz CT molecular complexity index is 232. The summed E-state index contributed by atoms with van der Waals surface area (Å²) in [5.74, 6) is -0.0918. The Balaban J connectivity index is 2.22. The van der Waals surface area contributed by atoms with Crippen LogP contribution in [0.25, 0.3) is 0 Å². The summed E-state index contributed by atoms with van der Waals surface area (Å²) in [6.07, 6.45) is -1.94. The molecule has 0 saturated carbocycles. The fraction of sp³-hybridized carbons (Fsp3) is 0.875. The van der Waals surface area contributed by atoms with Crippen LogP contribution in [0.5, 0.6) is 0 Å². The molecule has 0 aromatic carbocycles. The molecule has 2 saturated heterocycles. The average Bonchev–Trinajstić information content (AvgIpc) is 2.38. The first-order chi connectivity index (χ1) is 6.11. The molecule has 74 valence electrons. The van der Waals surface area contributed by atoms with E-state index in [1.165, 1.54) is 4.90 Å². The third kappa shape index (κ3) is 1.23. The van der Waals surface area contributed by atoms with Crippen LogP contribution >= 0.6 is 0 Å². The van der Waals surface area contributed by atoms with Gasteiger partial charge in [-0.25, -0.2) is 0 Å². The summed E-state index contributed by atoms with van der Waals surface area (Å²) in [6, 6.07) is -0.601. The molecule has 1 amide bonds. The molecule has 0 radical (unpaired) electrons. The van der Waals surface area contributed by atoms with Gasteiger partial charge in [-0.3, -0.25) is 4.79 Å². The number of aliphatic hydroxyl groups excluding tert-OH is 3. The van der Waals surface area contributed by atoms with Crippen molar-refractivity contribution >= 4 is 5.91 Å². The van der Waals surface area contributed by atoms with Gasteiger partial charge >= 0.3 is 0 Å². The van der Waals surface area contributed by atoms with E-state index < -0.39 is 24.4 Å². The van der Waals surface area contributed by atoms with Crippen LogP contribution < -0.4 is 0 Å². The summed E-state index contributed by atoms with van der Waals surface area (Å²) >= 11 is 0. The molecule has 2 aliphatic heterocycles. The monoisotopic (exact) mass is 187 g/mol. The minimum atomic E-state index is -1.00. The van der Waals surface area contributed by atoms with Gasteiger partial charge in [0.15, 0.2) is 0 Å². The van der Waals surface area contributed by atoms with Gasteiger partial charge in [0.2, 0.25) is 5.91 Å². The van der Waals surface area contributed by atoms with E-state index in [-0.39, 0.29) is 12.5 Å². The second-order valence-corrected chi connectivity index (χ2v) is 3.70. The van der Waals surface area contributed by atoms with Gasteiger partial charge in [-0.1, -0.05) is 0 Å². The van der Waals surface area contributed by atoms with Crippen molar-refractivity contribution in [2.45, 2.75) is 37.2 Å². The van der Waals surface area contributed by atoms with Gasteiger partial charge in [0, 0.05) is 13.0 Å². The molecule has 2 fully saturated rings. The zero-order valence-electron chi connectivity index (χ0n) is 7.13. The quantitative estimate of drug-likeness (QED) is 0.412. The lowest BCUT2D eigenvalue weighted by atomic mass is 9.97. The lowest BCUT2D eigenvalue weighted by molar-refractivity contribution is -0.141. The lowest BCUT2D eigenvalue weighted by Gasteiger charge is -2.34. The zero-order chi connectivity index (χ0) is 9.59. The number of hydrogen-bond acceptors (Lipinski definition) is 4. The van der Waals surface area contributed by atoms with Crippen LogP contribution in [0.1, 0.15) is 12.8 Å². The normalized spacial score (nSPS) is 45.2. The van der Waals surface area contributed by atoms with Crippen LogP contribution in [-0.4, -0.2) is 57.0 Å². The number of piperidine rings is 1. The molecule has 5 heteroatoms. The summed E-state index contributed by atoms with van der Waals surface area (Å²) in [6.45, 7) is 0.141. The number of amides is 1. The summed E-state index contributed by atoms with van der Waals surface area (Å²) in [5.41, 5.74) is 0. The maximum atomic E-state index is 11.3. The van der Waals surface area contributed by atoms with E-state index in [1.54, 1.807) is 0 Å². The Morgan fingerprint density at radius 3 is 2.54 bits per heavy atom. The fourth-order valence-corrected chi connectivity index (χ4v) is 2.13. The molecule has 13 heavy (non-hydrogen) atoms. The molecule has 0 bridgehead atoms. The van der Waals surface area contributed by atoms with E-state index in [0.29, 0.717) is 12.8 Å². The van der Waals surface area contributed by atoms with Crippen LogP contribution in [0.2, 0.25) is 0 Å². The lowest BCUT2D eigenvalue weighted by Crippen LogP contribution is -2.51. The molecule has 2 heterocycles.